The van der Waals surface area contributed by atoms with E-state index in [4.69, 9.17) is 0 Å². The summed E-state index contributed by atoms with van der Waals surface area (Å²) in [5.74, 6) is 1.82. The number of carbonyl (C=O) groups excluding carboxylic acids is 1. The number of guanidine groups is 1. The maximum atomic E-state index is 11.8. The SMILES string of the molecule is CCNC(=NCC1CC1)NCCC(=O)N(CC)CC.I. The van der Waals surface area contributed by atoms with Crippen LogP contribution in [0.25, 0.3) is 0 Å². The second-order valence-electron chi connectivity index (χ2n) is 4.91. The van der Waals surface area contributed by atoms with E-state index in [1.807, 2.05) is 18.7 Å². The van der Waals surface area contributed by atoms with Crippen LogP contribution in [0.3, 0.4) is 0 Å². The summed E-state index contributed by atoms with van der Waals surface area (Å²) in [6.07, 6.45) is 3.14. The first-order valence-corrected chi connectivity index (χ1v) is 7.51. The van der Waals surface area contributed by atoms with Gasteiger partial charge in [-0.25, -0.2) is 0 Å². The van der Waals surface area contributed by atoms with E-state index in [9.17, 15) is 4.79 Å². The Labute approximate surface area is 140 Å². The summed E-state index contributed by atoms with van der Waals surface area (Å²) in [7, 11) is 0. The molecule has 0 aliphatic heterocycles. The summed E-state index contributed by atoms with van der Waals surface area (Å²) in [6.45, 7) is 10.0. The number of hydrogen-bond acceptors (Lipinski definition) is 2. The molecule has 1 saturated carbocycles. The number of aliphatic imine (C=N–C) groups is 1. The van der Waals surface area contributed by atoms with Gasteiger partial charge in [-0.05, 0) is 39.5 Å². The number of nitrogens with zero attached hydrogens (tertiary/aromatic N) is 2. The quantitative estimate of drug-likeness (QED) is 0.374. The number of halogens is 1. The third-order valence-corrected chi connectivity index (χ3v) is 3.30. The minimum atomic E-state index is 0. The Bertz CT molecular complexity index is 302. The van der Waals surface area contributed by atoms with Crippen molar-refractivity contribution in [3.8, 4) is 0 Å². The molecule has 1 aliphatic rings. The second-order valence-corrected chi connectivity index (χ2v) is 4.91. The molecule has 1 rings (SSSR count). The van der Waals surface area contributed by atoms with Crippen molar-refractivity contribution in [3.63, 3.8) is 0 Å². The van der Waals surface area contributed by atoms with Crippen molar-refractivity contribution in [1.29, 1.82) is 0 Å². The lowest BCUT2D eigenvalue weighted by Gasteiger charge is -2.19. The Morgan fingerprint density at radius 3 is 2.35 bits per heavy atom. The first-order valence-electron chi connectivity index (χ1n) is 7.51. The Hall–Kier alpha value is -0.530. The molecule has 0 unspecified atom stereocenters. The van der Waals surface area contributed by atoms with Gasteiger partial charge in [0, 0.05) is 39.1 Å². The average Bonchev–Trinajstić information content (AvgIpc) is 3.21. The van der Waals surface area contributed by atoms with Crippen molar-refractivity contribution in [3.05, 3.63) is 0 Å². The predicted molar refractivity (Wildman–Crippen MR) is 94.7 cm³/mol. The van der Waals surface area contributed by atoms with Gasteiger partial charge in [-0.1, -0.05) is 0 Å². The zero-order valence-corrected chi connectivity index (χ0v) is 15.3. The van der Waals surface area contributed by atoms with E-state index in [-0.39, 0.29) is 29.9 Å². The zero-order valence-electron chi connectivity index (χ0n) is 12.9. The molecule has 5 nitrogen and oxygen atoms in total. The zero-order chi connectivity index (χ0) is 14.1. The molecule has 1 fully saturated rings. The summed E-state index contributed by atoms with van der Waals surface area (Å²) in [4.78, 5) is 18.2. The van der Waals surface area contributed by atoms with Gasteiger partial charge in [0.2, 0.25) is 5.91 Å². The van der Waals surface area contributed by atoms with Crippen LogP contribution in [0.15, 0.2) is 4.99 Å². The normalized spacial score (nSPS) is 14.4. The van der Waals surface area contributed by atoms with Crippen LogP contribution < -0.4 is 10.6 Å². The topological polar surface area (TPSA) is 56.7 Å². The molecular weight excluding hydrogens is 367 g/mol. The van der Waals surface area contributed by atoms with Crippen molar-refractivity contribution >= 4 is 35.8 Å². The van der Waals surface area contributed by atoms with E-state index < -0.39 is 0 Å². The van der Waals surface area contributed by atoms with Crippen molar-refractivity contribution in [2.75, 3.05) is 32.7 Å². The van der Waals surface area contributed by atoms with Crippen LogP contribution in [0, 0.1) is 5.92 Å². The fourth-order valence-electron chi connectivity index (χ4n) is 1.88. The standard InChI is InChI=1S/C14H28N4O.HI/c1-4-15-14(17-11-12-7-8-12)16-10-9-13(19)18(5-2)6-3;/h12H,4-11H2,1-3H3,(H2,15,16,17);1H. The number of amides is 1. The Morgan fingerprint density at radius 2 is 1.85 bits per heavy atom. The monoisotopic (exact) mass is 396 g/mol. The van der Waals surface area contributed by atoms with Crippen molar-refractivity contribution in [1.82, 2.24) is 15.5 Å². The number of rotatable bonds is 8. The molecule has 0 aromatic carbocycles. The van der Waals surface area contributed by atoms with Crippen molar-refractivity contribution < 1.29 is 4.79 Å². The van der Waals surface area contributed by atoms with E-state index in [1.54, 1.807) is 0 Å². The number of carbonyl (C=O) groups is 1. The first kappa shape index (κ1) is 19.5. The molecule has 6 heteroatoms. The second kappa shape index (κ2) is 11.2. The van der Waals surface area contributed by atoms with Gasteiger partial charge in [-0.2, -0.15) is 0 Å². The first-order chi connectivity index (χ1) is 9.21. The average molecular weight is 396 g/mol. The lowest BCUT2D eigenvalue weighted by atomic mass is 10.3. The van der Waals surface area contributed by atoms with Gasteiger partial charge in [-0.3, -0.25) is 9.79 Å². The molecule has 20 heavy (non-hydrogen) atoms. The third kappa shape index (κ3) is 7.91. The molecule has 1 aliphatic carbocycles. The fraction of sp³-hybridized carbons (Fsp3) is 0.857. The largest absolute Gasteiger partial charge is 0.357 e. The van der Waals surface area contributed by atoms with Crippen LogP contribution in [0.2, 0.25) is 0 Å². The smallest absolute Gasteiger partial charge is 0.224 e. The van der Waals surface area contributed by atoms with E-state index in [2.05, 4.69) is 22.5 Å². The summed E-state index contributed by atoms with van der Waals surface area (Å²) >= 11 is 0. The predicted octanol–water partition coefficient (Wildman–Crippen LogP) is 1.83. The Morgan fingerprint density at radius 1 is 1.20 bits per heavy atom. The van der Waals surface area contributed by atoms with Crippen LogP contribution in [0.4, 0.5) is 0 Å². The van der Waals surface area contributed by atoms with E-state index in [0.717, 1.165) is 38.1 Å². The molecule has 0 aromatic heterocycles. The van der Waals surface area contributed by atoms with Crippen LogP contribution in [0.1, 0.15) is 40.0 Å². The maximum absolute atomic E-state index is 11.8. The van der Waals surface area contributed by atoms with Crippen LogP contribution in [-0.2, 0) is 4.79 Å². The minimum Gasteiger partial charge on any atom is -0.357 e. The van der Waals surface area contributed by atoms with Gasteiger partial charge in [0.15, 0.2) is 5.96 Å². The van der Waals surface area contributed by atoms with Crippen molar-refractivity contribution in [2.45, 2.75) is 40.0 Å². The highest BCUT2D eigenvalue weighted by Crippen LogP contribution is 2.28. The van der Waals surface area contributed by atoms with Gasteiger partial charge >= 0.3 is 0 Å². The third-order valence-electron chi connectivity index (χ3n) is 3.30. The summed E-state index contributed by atoms with van der Waals surface area (Å²) < 4.78 is 0. The molecule has 118 valence electrons. The van der Waals surface area contributed by atoms with Gasteiger partial charge < -0.3 is 15.5 Å². The molecule has 0 radical (unpaired) electrons. The van der Waals surface area contributed by atoms with E-state index in [1.165, 1.54) is 12.8 Å². The molecule has 0 aromatic rings. The Balaban J connectivity index is 0.00000361. The fourth-order valence-corrected chi connectivity index (χ4v) is 1.88. The van der Waals surface area contributed by atoms with E-state index in [0.29, 0.717) is 13.0 Å². The molecular formula is C14H29IN4O. The Kier molecular flexibility index (Phi) is 10.9. The van der Waals surface area contributed by atoms with Gasteiger partial charge in [0.1, 0.15) is 0 Å². The van der Waals surface area contributed by atoms with Gasteiger partial charge in [0.25, 0.3) is 0 Å². The molecule has 0 spiro atoms. The lowest BCUT2D eigenvalue weighted by Crippen LogP contribution is -2.40. The van der Waals surface area contributed by atoms with Crippen LogP contribution >= 0.6 is 24.0 Å². The van der Waals surface area contributed by atoms with E-state index >= 15 is 0 Å². The highest BCUT2D eigenvalue weighted by atomic mass is 127. The molecule has 0 heterocycles. The summed E-state index contributed by atoms with van der Waals surface area (Å²) in [6, 6.07) is 0. The molecule has 0 saturated heterocycles. The number of nitrogens with one attached hydrogen (secondary N) is 2. The molecule has 0 atom stereocenters. The maximum Gasteiger partial charge on any atom is 0.224 e. The molecule has 0 bridgehead atoms. The summed E-state index contributed by atoms with van der Waals surface area (Å²) in [5, 5.41) is 6.44. The highest BCUT2D eigenvalue weighted by molar-refractivity contribution is 14.0. The molecule has 1 amide bonds. The van der Waals surface area contributed by atoms with Gasteiger partial charge in [-0.15, -0.1) is 24.0 Å². The lowest BCUT2D eigenvalue weighted by molar-refractivity contribution is -0.130. The molecule has 2 N–H and O–H groups in total. The number of hydrogen-bond donors (Lipinski definition) is 2. The van der Waals surface area contributed by atoms with Crippen LogP contribution in [0.5, 0.6) is 0 Å². The van der Waals surface area contributed by atoms with Crippen molar-refractivity contribution in [2.24, 2.45) is 10.9 Å². The minimum absolute atomic E-state index is 0. The summed E-state index contributed by atoms with van der Waals surface area (Å²) in [5.41, 5.74) is 0. The van der Waals surface area contributed by atoms with Gasteiger partial charge in [0.05, 0.1) is 0 Å². The highest BCUT2D eigenvalue weighted by Gasteiger charge is 2.20. The van der Waals surface area contributed by atoms with Crippen LogP contribution in [-0.4, -0.2) is 49.5 Å².